The Kier molecular flexibility index (Phi) is 5.00. The number of rotatable bonds is 5. The molecule has 5 nitrogen and oxygen atoms in total. The Labute approximate surface area is 134 Å². The molecule has 2 rings (SSSR count). The average Bonchev–Trinajstić information content (AvgIpc) is 2.49. The SMILES string of the molecule is CN(c1ccc(NC(=O)Cc2ccccc2F)cc1)S(C)(=O)=O. The van der Waals surface area contributed by atoms with E-state index in [4.69, 9.17) is 0 Å². The van der Waals surface area contributed by atoms with Gasteiger partial charge in [-0.15, -0.1) is 0 Å². The Morgan fingerprint density at radius 2 is 1.74 bits per heavy atom. The molecule has 1 amide bonds. The molecular weight excluding hydrogens is 319 g/mol. The van der Waals surface area contributed by atoms with Crippen LogP contribution in [0.25, 0.3) is 0 Å². The van der Waals surface area contributed by atoms with Crippen molar-refractivity contribution in [1.29, 1.82) is 0 Å². The molecule has 122 valence electrons. The quantitative estimate of drug-likeness (QED) is 0.912. The highest BCUT2D eigenvalue weighted by Crippen LogP contribution is 2.19. The first-order valence-corrected chi connectivity index (χ1v) is 8.69. The zero-order chi connectivity index (χ0) is 17.0. The van der Waals surface area contributed by atoms with Crippen molar-refractivity contribution < 1.29 is 17.6 Å². The molecular formula is C16H17FN2O3S. The van der Waals surface area contributed by atoms with Gasteiger partial charge in [-0.2, -0.15) is 0 Å². The fourth-order valence-electron chi connectivity index (χ4n) is 1.97. The number of anilines is 2. The van der Waals surface area contributed by atoms with Crippen LogP contribution in [-0.4, -0.2) is 27.6 Å². The normalized spacial score (nSPS) is 11.1. The molecule has 0 atom stereocenters. The molecule has 0 aromatic heterocycles. The summed E-state index contributed by atoms with van der Waals surface area (Å²) < 4.78 is 37.5. The Balaban J connectivity index is 2.04. The minimum absolute atomic E-state index is 0.0718. The van der Waals surface area contributed by atoms with Crippen molar-refractivity contribution in [3.05, 3.63) is 59.9 Å². The van der Waals surface area contributed by atoms with Crippen LogP contribution in [0.3, 0.4) is 0 Å². The molecule has 0 radical (unpaired) electrons. The summed E-state index contributed by atoms with van der Waals surface area (Å²) in [6, 6.07) is 12.4. The van der Waals surface area contributed by atoms with Crippen molar-refractivity contribution in [2.45, 2.75) is 6.42 Å². The zero-order valence-electron chi connectivity index (χ0n) is 12.8. The molecule has 2 aromatic carbocycles. The molecule has 0 aliphatic carbocycles. The molecule has 0 bridgehead atoms. The highest BCUT2D eigenvalue weighted by Gasteiger charge is 2.12. The van der Waals surface area contributed by atoms with Gasteiger partial charge in [0.05, 0.1) is 18.4 Å². The molecule has 0 aliphatic rings. The number of carbonyl (C=O) groups is 1. The second-order valence-corrected chi connectivity index (χ2v) is 7.11. The molecule has 0 saturated heterocycles. The molecule has 0 saturated carbocycles. The van der Waals surface area contributed by atoms with Crippen LogP contribution < -0.4 is 9.62 Å². The zero-order valence-corrected chi connectivity index (χ0v) is 13.6. The third-order valence-corrected chi connectivity index (χ3v) is 4.53. The Bertz CT molecular complexity index is 804. The van der Waals surface area contributed by atoms with Gasteiger partial charge in [-0.25, -0.2) is 12.8 Å². The average molecular weight is 336 g/mol. The molecule has 0 heterocycles. The van der Waals surface area contributed by atoms with Crippen molar-refractivity contribution in [3.63, 3.8) is 0 Å². The smallest absolute Gasteiger partial charge is 0.231 e. The molecule has 0 aliphatic heterocycles. The maximum atomic E-state index is 13.5. The molecule has 0 unspecified atom stereocenters. The lowest BCUT2D eigenvalue weighted by Gasteiger charge is -2.16. The summed E-state index contributed by atoms with van der Waals surface area (Å²) in [6.07, 6.45) is 1.04. The lowest BCUT2D eigenvalue weighted by atomic mass is 10.1. The van der Waals surface area contributed by atoms with E-state index in [1.165, 1.54) is 13.1 Å². The summed E-state index contributed by atoms with van der Waals surface area (Å²) in [6.45, 7) is 0. The number of sulfonamides is 1. The van der Waals surface area contributed by atoms with Gasteiger partial charge in [0, 0.05) is 12.7 Å². The predicted octanol–water partition coefficient (Wildman–Crippen LogP) is 2.40. The third-order valence-electron chi connectivity index (χ3n) is 3.32. The monoisotopic (exact) mass is 336 g/mol. The first-order valence-electron chi connectivity index (χ1n) is 6.84. The summed E-state index contributed by atoms with van der Waals surface area (Å²) in [4.78, 5) is 11.9. The van der Waals surface area contributed by atoms with Gasteiger partial charge in [0.25, 0.3) is 0 Å². The number of hydrogen-bond acceptors (Lipinski definition) is 3. The maximum Gasteiger partial charge on any atom is 0.231 e. The Morgan fingerprint density at radius 1 is 1.13 bits per heavy atom. The first-order chi connectivity index (χ1) is 10.8. The summed E-state index contributed by atoms with van der Waals surface area (Å²) in [5.74, 6) is -0.771. The summed E-state index contributed by atoms with van der Waals surface area (Å²) in [5, 5.41) is 2.65. The minimum atomic E-state index is -3.33. The van der Waals surface area contributed by atoms with Crippen LogP contribution in [0.5, 0.6) is 0 Å². The van der Waals surface area contributed by atoms with E-state index in [-0.39, 0.29) is 12.3 Å². The number of carbonyl (C=O) groups excluding carboxylic acids is 1. The molecule has 23 heavy (non-hydrogen) atoms. The van der Waals surface area contributed by atoms with E-state index in [0.717, 1.165) is 10.6 Å². The summed E-state index contributed by atoms with van der Waals surface area (Å²) in [5.41, 5.74) is 1.31. The number of nitrogens with zero attached hydrogens (tertiary/aromatic N) is 1. The largest absolute Gasteiger partial charge is 0.326 e. The summed E-state index contributed by atoms with van der Waals surface area (Å²) in [7, 11) is -1.89. The van der Waals surface area contributed by atoms with Gasteiger partial charge in [0.15, 0.2) is 0 Å². The van der Waals surface area contributed by atoms with E-state index in [1.54, 1.807) is 42.5 Å². The van der Waals surface area contributed by atoms with Gasteiger partial charge in [0.2, 0.25) is 15.9 Å². The highest BCUT2D eigenvalue weighted by molar-refractivity contribution is 7.92. The van der Waals surface area contributed by atoms with Crippen LogP contribution in [0.1, 0.15) is 5.56 Å². The minimum Gasteiger partial charge on any atom is -0.326 e. The topological polar surface area (TPSA) is 66.5 Å². The number of halogens is 1. The molecule has 2 aromatic rings. The number of nitrogens with one attached hydrogen (secondary N) is 1. The summed E-state index contributed by atoms with van der Waals surface area (Å²) >= 11 is 0. The van der Waals surface area contributed by atoms with E-state index in [9.17, 15) is 17.6 Å². The van der Waals surface area contributed by atoms with E-state index in [1.807, 2.05) is 0 Å². The second kappa shape index (κ2) is 6.78. The van der Waals surface area contributed by atoms with Gasteiger partial charge in [-0.3, -0.25) is 9.10 Å². The lowest BCUT2D eigenvalue weighted by Crippen LogP contribution is -2.24. The Morgan fingerprint density at radius 3 is 2.30 bits per heavy atom. The van der Waals surface area contributed by atoms with Crippen molar-refractivity contribution in [2.24, 2.45) is 0 Å². The fraction of sp³-hybridized carbons (Fsp3) is 0.188. The van der Waals surface area contributed by atoms with Gasteiger partial charge < -0.3 is 5.32 Å². The molecule has 1 N–H and O–H groups in total. The molecule has 7 heteroatoms. The predicted molar refractivity (Wildman–Crippen MR) is 88.4 cm³/mol. The van der Waals surface area contributed by atoms with Gasteiger partial charge in [-0.05, 0) is 35.9 Å². The molecule has 0 fully saturated rings. The maximum absolute atomic E-state index is 13.5. The van der Waals surface area contributed by atoms with Crippen LogP contribution in [0.4, 0.5) is 15.8 Å². The standard InChI is InChI=1S/C16H17FN2O3S/c1-19(23(2,21)22)14-9-7-13(8-10-14)18-16(20)11-12-5-3-4-6-15(12)17/h3-10H,11H2,1-2H3,(H,18,20). The van der Waals surface area contributed by atoms with Crippen molar-refractivity contribution in [2.75, 3.05) is 22.9 Å². The van der Waals surface area contributed by atoms with Gasteiger partial charge in [0.1, 0.15) is 5.82 Å². The second-order valence-electron chi connectivity index (χ2n) is 5.09. The van der Waals surface area contributed by atoms with Crippen molar-refractivity contribution in [1.82, 2.24) is 0 Å². The molecule has 0 spiro atoms. The van der Waals surface area contributed by atoms with E-state index >= 15 is 0 Å². The van der Waals surface area contributed by atoms with Crippen LogP contribution in [0.15, 0.2) is 48.5 Å². The van der Waals surface area contributed by atoms with Gasteiger partial charge >= 0.3 is 0 Å². The lowest BCUT2D eigenvalue weighted by molar-refractivity contribution is -0.115. The van der Waals surface area contributed by atoms with Crippen molar-refractivity contribution >= 4 is 27.3 Å². The number of hydrogen-bond donors (Lipinski definition) is 1. The van der Waals surface area contributed by atoms with E-state index < -0.39 is 15.8 Å². The third kappa shape index (κ3) is 4.53. The first kappa shape index (κ1) is 17.0. The fourth-order valence-corrected chi connectivity index (χ4v) is 2.47. The number of amides is 1. The Hall–Kier alpha value is -2.41. The van der Waals surface area contributed by atoms with Crippen molar-refractivity contribution in [3.8, 4) is 0 Å². The van der Waals surface area contributed by atoms with Crippen LogP contribution in [0.2, 0.25) is 0 Å². The van der Waals surface area contributed by atoms with Crippen LogP contribution in [-0.2, 0) is 21.2 Å². The van der Waals surface area contributed by atoms with Crippen LogP contribution >= 0.6 is 0 Å². The van der Waals surface area contributed by atoms with Crippen LogP contribution in [0, 0.1) is 5.82 Å². The number of benzene rings is 2. The van der Waals surface area contributed by atoms with E-state index in [0.29, 0.717) is 16.9 Å². The highest BCUT2D eigenvalue weighted by atomic mass is 32.2. The van der Waals surface area contributed by atoms with Gasteiger partial charge in [-0.1, -0.05) is 18.2 Å². The van der Waals surface area contributed by atoms with E-state index in [2.05, 4.69) is 5.32 Å².